The lowest BCUT2D eigenvalue weighted by Gasteiger charge is -2.21. The maximum Gasteiger partial charge on any atom is 0.305 e. The highest BCUT2D eigenvalue weighted by molar-refractivity contribution is 7.18. The van der Waals surface area contributed by atoms with Crippen molar-refractivity contribution in [1.29, 1.82) is 0 Å². The number of aromatic nitrogens is 4. The van der Waals surface area contributed by atoms with Crippen LogP contribution < -0.4 is 29.6 Å². The molecule has 0 spiro atoms. The molecule has 3 amide bonds. The Morgan fingerprint density at radius 2 is 0.830 bits per heavy atom. The van der Waals surface area contributed by atoms with Gasteiger partial charge in [-0.2, -0.15) is 0 Å². The van der Waals surface area contributed by atoms with Crippen LogP contribution >= 0.6 is 45.3 Å². The zero-order valence-electron chi connectivity index (χ0n) is 65.4. The van der Waals surface area contributed by atoms with Crippen LogP contribution in [0.4, 0.5) is 22.7 Å². The summed E-state index contributed by atoms with van der Waals surface area (Å²) in [5.74, 6) is 0.815. The summed E-state index contributed by atoms with van der Waals surface area (Å²) in [6, 6.07) is 19.3. The van der Waals surface area contributed by atoms with E-state index in [-0.39, 0.29) is 58.7 Å². The fourth-order valence-corrected chi connectivity index (χ4v) is 14.4. The summed E-state index contributed by atoms with van der Waals surface area (Å²) < 4.78 is 22.8. The fraction of sp³-hybridized carbons (Fsp3) is 0.386. The van der Waals surface area contributed by atoms with E-state index in [2.05, 4.69) is 90.8 Å². The molecule has 9 rings (SSSR count). The Labute approximate surface area is 669 Å². The second kappa shape index (κ2) is 42.1. The first-order valence-corrected chi connectivity index (χ1v) is 39.2. The van der Waals surface area contributed by atoms with Gasteiger partial charge in [-0.15, -0.1) is 45.3 Å². The van der Waals surface area contributed by atoms with E-state index in [1.54, 1.807) is 87.2 Å². The van der Waals surface area contributed by atoms with Gasteiger partial charge in [0.1, 0.15) is 75.0 Å². The van der Waals surface area contributed by atoms with E-state index in [9.17, 15) is 43.8 Å². The molecule has 4 aromatic carbocycles. The summed E-state index contributed by atoms with van der Waals surface area (Å²) in [4.78, 5) is 120. The summed E-state index contributed by atoms with van der Waals surface area (Å²) in [7, 11) is 0. The van der Waals surface area contributed by atoms with Crippen molar-refractivity contribution in [3.05, 3.63) is 185 Å². The topological polar surface area (TPSA) is 313 Å². The first-order valence-electron chi connectivity index (χ1n) is 35.9. The molecular weight excluding hydrogens is 1500 g/mol. The number of aliphatic hydroxyl groups excluding tert-OH is 2. The quantitative estimate of drug-likeness (QED) is 0.0159. The van der Waals surface area contributed by atoms with E-state index in [0.29, 0.717) is 165 Å². The Bertz CT molecular complexity index is 4960. The number of benzene rings is 4. The van der Waals surface area contributed by atoms with Crippen molar-refractivity contribution < 1.29 is 67.8 Å². The molecule has 112 heavy (non-hydrogen) atoms. The number of rotatable bonds is 30. The number of carbonyl (C=O) groups excluding carboxylic acids is 6. The van der Waals surface area contributed by atoms with Gasteiger partial charge < -0.3 is 54.6 Å². The van der Waals surface area contributed by atoms with Crippen molar-refractivity contribution in [3.63, 3.8) is 0 Å². The van der Waals surface area contributed by atoms with Crippen molar-refractivity contribution in [3.8, 4) is 65.3 Å². The van der Waals surface area contributed by atoms with Gasteiger partial charge in [0, 0.05) is 41.6 Å². The summed E-state index contributed by atoms with van der Waals surface area (Å²) >= 11 is 4.96. The van der Waals surface area contributed by atoms with E-state index < -0.39 is 36.1 Å². The lowest BCUT2D eigenvalue weighted by Crippen LogP contribution is -2.39. The van der Waals surface area contributed by atoms with Crippen molar-refractivity contribution in [2.75, 3.05) is 33.0 Å². The molecule has 8 aromatic rings. The van der Waals surface area contributed by atoms with E-state index >= 15 is 0 Å². The predicted octanol–water partition coefficient (Wildman–Crippen LogP) is 19.4. The Morgan fingerprint density at radius 1 is 0.500 bits per heavy atom. The molecule has 1 aliphatic heterocycles. The van der Waals surface area contributed by atoms with E-state index in [4.69, 9.17) is 50.3 Å². The van der Waals surface area contributed by atoms with Crippen molar-refractivity contribution >= 4 is 109 Å². The van der Waals surface area contributed by atoms with Crippen molar-refractivity contribution in [2.24, 2.45) is 23.7 Å². The summed E-state index contributed by atoms with van der Waals surface area (Å²) in [5.41, 5.74) is 6.96. The van der Waals surface area contributed by atoms with Crippen LogP contribution in [0.3, 0.4) is 0 Å². The van der Waals surface area contributed by atoms with E-state index in [1.165, 1.54) is 47.9 Å². The van der Waals surface area contributed by atoms with Crippen molar-refractivity contribution in [2.45, 2.75) is 154 Å². The number of nitrogens with zero attached hydrogens (tertiary/aromatic N) is 9. The number of likely N-dealkylation sites (tertiary alicyclic amines) is 1. The number of ketones is 3. The number of aliphatic hydroxyl groups is 2. The van der Waals surface area contributed by atoms with E-state index in [1.807, 2.05) is 52.8 Å². The largest absolute Gasteiger partial charge is 0.511 e. The molecule has 0 unspecified atom stereocenters. The number of hydrogen-bond acceptors (Lipinski definition) is 21. The third-order valence-corrected chi connectivity index (χ3v) is 21.1. The lowest BCUT2D eigenvalue weighted by atomic mass is 10.1. The Kier molecular flexibility index (Phi) is 33.6. The number of nitrogens with one attached hydrogen (secondary N) is 2. The minimum absolute atomic E-state index is 0.000530. The molecule has 0 aliphatic carbocycles. The number of Topliss-reactive ketones (excluding diaryl/α,β-unsaturated/α-hetero) is 3. The van der Waals surface area contributed by atoms with Gasteiger partial charge in [0.25, 0.3) is 17.7 Å². The molecule has 1 saturated heterocycles. The highest BCUT2D eigenvalue weighted by atomic mass is 32.1. The molecule has 25 nitrogen and oxygen atoms in total. The smallest absolute Gasteiger partial charge is 0.305 e. The number of aryl methyl sites for hydroxylation is 4. The first-order chi connectivity index (χ1) is 53.0. The number of carboxylic acid groups (broad SMARTS) is 1. The molecule has 588 valence electrons. The number of carbonyl (C=O) groups is 7. The average molecular weight is 1600 g/mol. The van der Waals surface area contributed by atoms with Crippen LogP contribution in [-0.2, 0) is 14.4 Å². The molecule has 0 radical (unpaired) electrons. The monoisotopic (exact) mass is 1600 g/mol. The number of ether oxygens (including phenoxy) is 4. The molecule has 5 N–H and O–H groups in total. The van der Waals surface area contributed by atoms with Gasteiger partial charge in [-0.25, -0.2) is 39.3 Å². The standard InChI is InChI=1S/C22H25N3O3S.C21H23N3O5S.C20H23N3O3S.C20H22N2O3S/c1-13(2)12-28-19-9-8-16(11-17(19)23-5)21-24-14(3)20(29-21)22(27)25-10-6-7-18(25)15(4)26;1-11(2)10-29-17-7-6-14(8-16(17)22-5)21-23-12(3)19(30-21)20(28)24-15(13(4)25)9-18(26)27;1-11(2)10-26-17-8-7-15(9-16(17)21-6)20-23-13(4)18(27-20)19(25)22-12(3)14(5)24;1-12(2)11-25-18-9-7-15(10-16(18)21-5)20-22-14(4)19(26-20)17(24)8-6-13(3)23/h8-9,11,13,18H,6-7,10,12H2,1-4H3;6-8,11,15,25H,4,9-10H2,1-3H3,(H,24,28)(H,26,27);7-9,11-12,24H,5,10H2,1-4H3,(H,22,25);7,9-10,12H,6,8,11H2,1-4H3/t18-;15-;12-;/m000./s1. The lowest BCUT2D eigenvalue weighted by molar-refractivity contribution is -0.137. The third kappa shape index (κ3) is 25.5. The van der Waals surface area contributed by atoms with Gasteiger partial charge in [0.05, 0.1) is 105 Å². The molecule has 5 heterocycles. The van der Waals surface area contributed by atoms with Crippen LogP contribution in [0.2, 0.25) is 0 Å². The Balaban J connectivity index is 0.000000233. The minimum atomic E-state index is -1.18. The first kappa shape index (κ1) is 89.4. The second-order valence-electron chi connectivity index (χ2n) is 27.9. The molecule has 1 fully saturated rings. The SMILES string of the molecule is [C-]#[N+]c1cc(-c2nc(C)c(C(=O)CCC(C)=O)s2)ccc1OCC(C)C.[C-]#[N+]c1cc(-c2nc(C)c(C(=O)N3CCC[C@H]3C(C)=O)s2)ccc1OCC(C)C.[C-]#[N+]c1cc(-c2nc(C)c(C(=O)N[C@@H](C)C(=C)O)s2)ccc1OCC(C)C.[C-]#[N+]c1cc(-c2nc(C)c(C(=O)N[C@@H](CC(=O)O)C(=C)O)s2)ccc1OCC(C)C. The molecular formula is C83H93N11O14S4. The van der Waals surface area contributed by atoms with Gasteiger partial charge in [-0.3, -0.25) is 28.8 Å². The molecule has 0 bridgehead atoms. The van der Waals surface area contributed by atoms with Crippen LogP contribution in [0.1, 0.15) is 170 Å². The minimum Gasteiger partial charge on any atom is -0.511 e. The number of hydrogen-bond donors (Lipinski definition) is 5. The third-order valence-electron chi connectivity index (χ3n) is 16.3. The average Bonchev–Trinajstić information content (AvgIpc) is 1.65. The van der Waals surface area contributed by atoms with Crippen molar-refractivity contribution in [1.82, 2.24) is 35.5 Å². The molecule has 1 aliphatic rings. The second-order valence-corrected chi connectivity index (χ2v) is 31.9. The normalized spacial score (nSPS) is 12.6. The summed E-state index contributed by atoms with van der Waals surface area (Å²) in [6.07, 6.45) is 1.52. The maximum atomic E-state index is 13.0. The van der Waals surface area contributed by atoms with Gasteiger partial charge in [-0.1, -0.05) is 92.8 Å². The number of amides is 3. The number of carboxylic acids is 1. The molecule has 29 heteroatoms. The van der Waals surface area contributed by atoms with Crippen LogP contribution in [0.15, 0.2) is 97.5 Å². The molecule has 0 saturated carbocycles. The highest BCUT2D eigenvalue weighted by Gasteiger charge is 2.35. The summed E-state index contributed by atoms with van der Waals surface area (Å²) in [6.45, 7) is 67.1. The van der Waals surface area contributed by atoms with Gasteiger partial charge in [0.15, 0.2) is 11.6 Å². The van der Waals surface area contributed by atoms with Gasteiger partial charge >= 0.3 is 5.97 Å². The van der Waals surface area contributed by atoms with Gasteiger partial charge in [0.2, 0.25) is 22.7 Å². The van der Waals surface area contributed by atoms with E-state index in [0.717, 1.165) is 40.9 Å². The maximum absolute atomic E-state index is 13.0. The molecule has 3 atom stereocenters. The van der Waals surface area contributed by atoms with Gasteiger partial charge in [-0.05, 0) is 134 Å². The molecule has 4 aromatic heterocycles. The Morgan fingerprint density at radius 3 is 1.14 bits per heavy atom. The number of aliphatic carboxylic acids is 1. The summed E-state index contributed by atoms with van der Waals surface area (Å²) in [5, 5.41) is 35.5. The fourth-order valence-electron chi connectivity index (χ4n) is 10.4. The zero-order valence-corrected chi connectivity index (χ0v) is 68.7. The zero-order chi connectivity index (χ0) is 83.0. The van der Waals surface area contributed by atoms with Crippen LogP contribution in [0.25, 0.3) is 61.7 Å². The predicted molar refractivity (Wildman–Crippen MR) is 438 cm³/mol. The van der Waals surface area contributed by atoms with Crippen LogP contribution in [0.5, 0.6) is 23.0 Å². The Hall–Kier alpha value is -11.5. The van der Waals surface area contributed by atoms with Crippen LogP contribution in [-0.4, -0.2) is 132 Å². The number of thiazole rings is 4. The van der Waals surface area contributed by atoms with Crippen LogP contribution in [0, 0.1) is 77.7 Å². The highest BCUT2D eigenvalue weighted by Crippen LogP contribution is 2.41.